The van der Waals surface area contributed by atoms with Gasteiger partial charge in [0.1, 0.15) is 0 Å². The van der Waals surface area contributed by atoms with Gasteiger partial charge in [0.25, 0.3) is 0 Å². The maximum Gasteiger partial charge on any atom is 0.0625 e. The van der Waals surface area contributed by atoms with Crippen molar-refractivity contribution in [3.63, 3.8) is 0 Å². The average molecular weight is 322 g/mol. The fourth-order valence-electron chi connectivity index (χ4n) is 4.54. The van der Waals surface area contributed by atoms with E-state index in [0.717, 1.165) is 6.54 Å². The van der Waals surface area contributed by atoms with Crippen LogP contribution < -0.4 is 5.32 Å². The molecule has 3 heteroatoms. The van der Waals surface area contributed by atoms with Gasteiger partial charge in [-0.3, -0.25) is 0 Å². The van der Waals surface area contributed by atoms with Crippen LogP contribution in [-0.2, 0) is 16.7 Å². The average Bonchev–Trinajstić information content (AvgIpc) is 3.19. The second kappa shape index (κ2) is 4.06. The molecule has 0 radical (unpaired) electrons. The van der Waals surface area contributed by atoms with E-state index in [1.807, 2.05) is 7.11 Å². The van der Waals surface area contributed by atoms with Crippen molar-refractivity contribution in [2.75, 3.05) is 13.7 Å². The minimum atomic E-state index is 0.283. The quantitative estimate of drug-likeness (QED) is 0.804. The van der Waals surface area contributed by atoms with Gasteiger partial charge >= 0.3 is 0 Å². The van der Waals surface area contributed by atoms with Gasteiger partial charge in [0.15, 0.2) is 0 Å². The molecule has 1 N–H and O–H groups in total. The molecule has 2 nitrogen and oxygen atoms in total. The third-order valence-electron chi connectivity index (χ3n) is 5.72. The number of halogens is 1. The predicted octanol–water partition coefficient (Wildman–Crippen LogP) is 3.38. The lowest BCUT2D eigenvalue weighted by atomic mass is 9.65. The Bertz CT molecular complexity index is 515. The zero-order chi connectivity index (χ0) is 13.1. The van der Waals surface area contributed by atoms with E-state index in [9.17, 15) is 0 Å². The molecule has 1 aromatic rings. The van der Waals surface area contributed by atoms with Crippen molar-refractivity contribution >= 4 is 15.9 Å². The highest BCUT2D eigenvalue weighted by Gasteiger charge is 2.64. The number of ether oxygens (including phenoxy) is 1. The molecule has 2 spiro atoms. The molecule has 1 atom stereocenters. The van der Waals surface area contributed by atoms with Crippen LogP contribution in [0.1, 0.15) is 36.8 Å². The van der Waals surface area contributed by atoms with E-state index in [2.05, 4.69) is 39.4 Å². The molecule has 0 aromatic heterocycles. The summed E-state index contributed by atoms with van der Waals surface area (Å²) in [5.74, 6) is 0. The van der Waals surface area contributed by atoms with Crippen molar-refractivity contribution in [1.82, 2.24) is 5.32 Å². The summed E-state index contributed by atoms with van der Waals surface area (Å²) in [6, 6.07) is 6.85. The molecule has 1 aliphatic heterocycles. The fraction of sp³-hybridized carbons (Fsp3) is 0.625. The summed E-state index contributed by atoms with van der Waals surface area (Å²) in [6.45, 7) is 1.16. The minimum absolute atomic E-state index is 0.283. The summed E-state index contributed by atoms with van der Waals surface area (Å²) in [4.78, 5) is 0. The molecule has 1 heterocycles. The maximum atomic E-state index is 5.55. The monoisotopic (exact) mass is 321 g/mol. The number of hydrogen-bond acceptors (Lipinski definition) is 2. The SMILES string of the molecule is COC1CCC2(CC1)Cc1ccc(Br)cc1C21CN1. The molecule has 2 fully saturated rings. The van der Waals surface area contributed by atoms with E-state index in [1.165, 1.54) is 36.6 Å². The Balaban J connectivity index is 1.71. The van der Waals surface area contributed by atoms with Crippen LogP contribution in [0.25, 0.3) is 0 Å². The summed E-state index contributed by atoms with van der Waals surface area (Å²) in [5.41, 5.74) is 3.84. The summed E-state index contributed by atoms with van der Waals surface area (Å²) in [7, 11) is 1.86. The highest BCUT2D eigenvalue weighted by atomic mass is 79.9. The van der Waals surface area contributed by atoms with Gasteiger partial charge in [-0.25, -0.2) is 0 Å². The van der Waals surface area contributed by atoms with Crippen LogP contribution in [0.4, 0.5) is 0 Å². The van der Waals surface area contributed by atoms with Gasteiger partial charge in [0.05, 0.1) is 11.6 Å². The second-order valence-electron chi connectivity index (χ2n) is 6.45. The number of rotatable bonds is 1. The molecule has 0 bridgehead atoms. The first-order valence-corrected chi connectivity index (χ1v) is 8.05. The zero-order valence-electron chi connectivity index (χ0n) is 11.3. The van der Waals surface area contributed by atoms with Gasteiger partial charge in [-0.15, -0.1) is 0 Å². The van der Waals surface area contributed by atoms with Crippen molar-refractivity contribution in [2.45, 2.75) is 43.7 Å². The van der Waals surface area contributed by atoms with Crippen LogP contribution in [0.5, 0.6) is 0 Å². The summed E-state index contributed by atoms with van der Waals surface area (Å²) < 4.78 is 6.76. The van der Waals surface area contributed by atoms with Crippen LogP contribution in [0, 0.1) is 5.41 Å². The van der Waals surface area contributed by atoms with Crippen LogP contribution in [0.3, 0.4) is 0 Å². The first kappa shape index (κ1) is 12.4. The van der Waals surface area contributed by atoms with E-state index >= 15 is 0 Å². The van der Waals surface area contributed by atoms with E-state index < -0.39 is 0 Å². The van der Waals surface area contributed by atoms with Crippen LogP contribution >= 0.6 is 15.9 Å². The molecule has 19 heavy (non-hydrogen) atoms. The van der Waals surface area contributed by atoms with Gasteiger partial charge < -0.3 is 10.1 Å². The first-order valence-electron chi connectivity index (χ1n) is 7.26. The Kier molecular flexibility index (Phi) is 2.64. The lowest BCUT2D eigenvalue weighted by Crippen LogP contribution is -2.40. The maximum absolute atomic E-state index is 5.55. The van der Waals surface area contributed by atoms with Crippen LogP contribution in [-0.4, -0.2) is 19.8 Å². The summed E-state index contributed by atoms with van der Waals surface area (Å²) in [5, 5.41) is 3.72. The van der Waals surface area contributed by atoms with Crippen molar-refractivity contribution in [1.29, 1.82) is 0 Å². The normalized spacial score (nSPS) is 39.8. The lowest BCUT2D eigenvalue weighted by molar-refractivity contribution is 0.0150. The molecule has 3 aliphatic rings. The van der Waals surface area contributed by atoms with Crippen molar-refractivity contribution < 1.29 is 4.74 Å². The van der Waals surface area contributed by atoms with Gasteiger partial charge in [-0.1, -0.05) is 22.0 Å². The molecule has 0 amide bonds. The van der Waals surface area contributed by atoms with Gasteiger partial charge in [0, 0.05) is 18.1 Å². The van der Waals surface area contributed by atoms with Crippen LogP contribution in [0.2, 0.25) is 0 Å². The van der Waals surface area contributed by atoms with Crippen molar-refractivity contribution in [2.24, 2.45) is 5.41 Å². The van der Waals surface area contributed by atoms with E-state index in [-0.39, 0.29) is 5.54 Å². The minimum Gasteiger partial charge on any atom is -0.381 e. The fourth-order valence-corrected chi connectivity index (χ4v) is 4.90. The summed E-state index contributed by atoms with van der Waals surface area (Å²) >= 11 is 3.63. The van der Waals surface area contributed by atoms with E-state index in [4.69, 9.17) is 4.74 Å². The third kappa shape index (κ3) is 1.61. The Labute approximate surface area is 123 Å². The van der Waals surface area contributed by atoms with E-state index in [1.54, 1.807) is 11.1 Å². The lowest BCUT2D eigenvalue weighted by Gasteiger charge is -2.41. The Morgan fingerprint density at radius 3 is 2.68 bits per heavy atom. The van der Waals surface area contributed by atoms with Gasteiger partial charge in [-0.05, 0) is 60.8 Å². The highest BCUT2D eigenvalue weighted by Crippen LogP contribution is 2.62. The molecule has 1 saturated carbocycles. The van der Waals surface area contributed by atoms with Crippen molar-refractivity contribution in [3.05, 3.63) is 33.8 Å². The summed E-state index contributed by atoms with van der Waals surface area (Å²) in [6.07, 6.45) is 6.76. The van der Waals surface area contributed by atoms with Gasteiger partial charge in [0.2, 0.25) is 0 Å². The predicted molar refractivity (Wildman–Crippen MR) is 79.2 cm³/mol. The van der Waals surface area contributed by atoms with Gasteiger partial charge in [-0.2, -0.15) is 0 Å². The molecule has 102 valence electrons. The smallest absolute Gasteiger partial charge is 0.0625 e. The number of methoxy groups -OCH3 is 1. The number of nitrogens with one attached hydrogen (secondary N) is 1. The van der Waals surface area contributed by atoms with E-state index in [0.29, 0.717) is 11.5 Å². The highest BCUT2D eigenvalue weighted by molar-refractivity contribution is 9.10. The Hall–Kier alpha value is -0.380. The Morgan fingerprint density at radius 1 is 1.32 bits per heavy atom. The number of hydrogen-bond donors (Lipinski definition) is 1. The molecule has 1 aromatic carbocycles. The molecular formula is C16H20BrNO. The van der Waals surface area contributed by atoms with Crippen molar-refractivity contribution in [3.8, 4) is 0 Å². The third-order valence-corrected chi connectivity index (χ3v) is 6.21. The zero-order valence-corrected chi connectivity index (χ0v) is 12.9. The number of fused-ring (bicyclic) bond motifs is 3. The molecule has 1 unspecified atom stereocenters. The number of benzene rings is 1. The molecular weight excluding hydrogens is 302 g/mol. The molecule has 2 aliphatic carbocycles. The van der Waals surface area contributed by atoms with Crippen LogP contribution in [0.15, 0.2) is 22.7 Å². The largest absolute Gasteiger partial charge is 0.381 e. The standard InChI is InChI=1S/C16H20BrNO/c1-19-13-4-6-15(7-5-13)9-11-2-3-12(17)8-14(11)16(15)10-18-16/h2-3,8,13,18H,4-7,9-10H2,1H3. The second-order valence-corrected chi connectivity index (χ2v) is 7.37. The Morgan fingerprint density at radius 2 is 2.05 bits per heavy atom. The first-order chi connectivity index (χ1) is 9.19. The molecule has 1 saturated heterocycles. The topological polar surface area (TPSA) is 31.2 Å². The molecule has 4 rings (SSSR count).